The summed E-state index contributed by atoms with van der Waals surface area (Å²) in [5, 5.41) is 0. The molecule has 0 aromatic carbocycles. The van der Waals surface area contributed by atoms with Crippen molar-refractivity contribution in [2.45, 2.75) is 45.1 Å². The zero-order valence-electron chi connectivity index (χ0n) is 9.84. The standard InChI is InChI=1S/C11H25NO2/c1-4-11(12,5-2)7-10-14-9-6-8-13-3/h4-10,12H2,1-3H3. The SMILES string of the molecule is CCC(N)(CC)CCOCCCOC. The fourth-order valence-electron chi connectivity index (χ4n) is 1.29. The summed E-state index contributed by atoms with van der Waals surface area (Å²) >= 11 is 0. The minimum Gasteiger partial charge on any atom is -0.385 e. The molecule has 0 aromatic rings. The quantitative estimate of drug-likeness (QED) is 0.582. The molecule has 0 aliphatic heterocycles. The van der Waals surface area contributed by atoms with Gasteiger partial charge in [0.05, 0.1) is 0 Å². The van der Waals surface area contributed by atoms with E-state index in [4.69, 9.17) is 15.2 Å². The molecule has 0 aliphatic rings. The van der Waals surface area contributed by atoms with E-state index in [0.717, 1.165) is 45.5 Å². The van der Waals surface area contributed by atoms with Gasteiger partial charge in [-0.3, -0.25) is 0 Å². The van der Waals surface area contributed by atoms with E-state index in [2.05, 4.69) is 13.8 Å². The van der Waals surface area contributed by atoms with Gasteiger partial charge in [0.1, 0.15) is 0 Å². The lowest BCUT2D eigenvalue weighted by molar-refractivity contribution is 0.0889. The van der Waals surface area contributed by atoms with Crippen LogP contribution in [0, 0.1) is 0 Å². The van der Waals surface area contributed by atoms with E-state index in [1.54, 1.807) is 7.11 Å². The van der Waals surface area contributed by atoms with Crippen LogP contribution in [0.15, 0.2) is 0 Å². The summed E-state index contributed by atoms with van der Waals surface area (Å²) in [6.45, 7) is 6.58. The largest absolute Gasteiger partial charge is 0.385 e. The molecule has 0 atom stereocenters. The van der Waals surface area contributed by atoms with Crippen LogP contribution >= 0.6 is 0 Å². The van der Waals surface area contributed by atoms with Crippen molar-refractivity contribution in [3.05, 3.63) is 0 Å². The molecular weight excluding hydrogens is 178 g/mol. The van der Waals surface area contributed by atoms with Gasteiger partial charge in [0.2, 0.25) is 0 Å². The Labute approximate surface area is 88.0 Å². The maximum absolute atomic E-state index is 6.13. The molecule has 14 heavy (non-hydrogen) atoms. The first-order chi connectivity index (χ1) is 6.68. The highest BCUT2D eigenvalue weighted by molar-refractivity contribution is 4.80. The van der Waals surface area contributed by atoms with Gasteiger partial charge in [-0.1, -0.05) is 13.8 Å². The van der Waals surface area contributed by atoms with Gasteiger partial charge in [-0.15, -0.1) is 0 Å². The number of methoxy groups -OCH3 is 1. The highest BCUT2D eigenvalue weighted by Crippen LogP contribution is 2.15. The van der Waals surface area contributed by atoms with Gasteiger partial charge in [0, 0.05) is 32.5 Å². The van der Waals surface area contributed by atoms with Crippen molar-refractivity contribution in [2.75, 3.05) is 26.9 Å². The summed E-state index contributed by atoms with van der Waals surface area (Å²) in [6, 6.07) is 0. The van der Waals surface area contributed by atoms with Crippen molar-refractivity contribution in [3.63, 3.8) is 0 Å². The van der Waals surface area contributed by atoms with E-state index in [-0.39, 0.29) is 5.54 Å². The van der Waals surface area contributed by atoms with Crippen LogP contribution in [0.3, 0.4) is 0 Å². The fourth-order valence-corrected chi connectivity index (χ4v) is 1.29. The molecule has 0 unspecified atom stereocenters. The summed E-state index contributed by atoms with van der Waals surface area (Å²) < 4.78 is 10.4. The molecule has 0 aromatic heterocycles. The molecule has 0 bridgehead atoms. The number of hydrogen-bond donors (Lipinski definition) is 1. The summed E-state index contributed by atoms with van der Waals surface area (Å²) in [6.07, 6.45) is 3.95. The predicted octanol–water partition coefficient (Wildman–Crippen LogP) is 1.95. The van der Waals surface area contributed by atoms with Crippen molar-refractivity contribution in [1.82, 2.24) is 0 Å². The lowest BCUT2D eigenvalue weighted by Gasteiger charge is -2.26. The molecule has 0 radical (unpaired) electrons. The molecule has 2 N–H and O–H groups in total. The van der Waals surface area contributed by atoms with Crippen LogP contribution in [0.5, 0.6) is 0 Å². The smallest absolute Gasteiger partial charge is 0.0487 e. The maximum Gasteiger partial charge on any atom is 0.0487 e. The Morgan fingerprint density at radius 3 is 2.21 bits per heavy atom. The Balaban J connectivity index is 3.34. The van der Waals surface area contributed by atoms with Crippen molar-refractivity contribution >= 4 is 0 Å². The molecule has 0 amide bonds. The van der Waals surface area contributed by atoms with Crippen molar-refractivity contribution in [3.8, 4) is 0 Å². The Kier molecular flexibility index (Phi) is 8.14. The first-order valence-electron chi connectivity index (χ1n) is 5.54. The number of hydrogen-bond acceptors (Lipinski definition) is 3. The summed E-state index contributed by atoms with van der Waals surface area (Å²) in [4.78, 5) is 0. The van der Waals surface area contributed by atoms with Gasteiger partial charge < -0.3 is 15.2 Å². The van der Waals surface area contributed by atoms with Crippen LogP contribution < -0.4 is 5.73 Å². The predicted molar refractivity (Wildman–Crippen MR) is 59.4 cm³/mol. The van der Waals surface area contributed by atoms with E-state index in [1.165, 1.54) is 0 Å². The van der Waals surface area contributed by atoms with E-state index >= 15 is 0 Å². The summed E-state index contributed by atoms with van der Waals surface area (Å²) in [5.41, 5.74) is 6.11. The molecule has 0 rings (SSSR count). The van der Waals surface area contributed by atoms with Crippen LogP contribution in [0.4, 0.5) is 0 Å². The normalized spacial score (nSPS) is 12.0. The molecular formula is C11H25NO2. The van der Waals surface area contributed by atoms with Crippen molar-refractivity contribution in [2.24, 2.45) is 5.73 Å². The minimum atomic E-state index is -0.0265. The average Bonchev–Trinajstić information content (AvgIpc) is 2.23. The third kappa shape index (κ3) is 6.35. The third-order valence-electron chi connectivity index (χ3n) is 2.79. The third-order valence-corrected chi connectivity index (χ3v) is 2.79. The van der Waals surface area contributed by atoms with Crippen LogP contribution in [0.25, 0.3) is 0 Å². The van der Waals surface area contributed by atoms with E-state index in [0.29, 0.717) is 0 Å². The molecule has 3 heteroatoms. The highest BCUT2D eigenvalue weighted by Gasteiger charge is 2.19. The van der Waals surface area contributed by atoms with Gasteiger partial charge in [-0.25, -0.2) is 0 Å². The molecule has 0 saturated heterocycles. The Morgan fingerprint density at radius 1 is 1.07 bits per heavy atom. The molecule has 0 saturated carbocycles. The van der Waals surface area contributed by atoms with E-state index in [1.807, 2.05) is 0 Å². The van der Waals surface area contributed by atoms with Gasteiger partial charge >= 0.3 is 0 Å². The van der Waals surface area contributed by atoms with Gasteiger partial charge in [-0.2, -0.15) is 0 Å². The lowest BCUT2D eigenvalue weighted by atomic mass is 9.91. The number of ether oxygens (including phenoxy) is 2. The van der Waals surface area contributed by atoms with Gasteiger partial charge in [0.25, 0.3) is 0 Å². The second kappa shape index (κ2) is 8.21. The topological polar surface area (TPSA) is 44.5 Å². The van der Waals surface area contributed by atoms with Gasteiger partial charge in [-0.05, 0) is 25.7 Å². The monoisotopic (exact) mass is 203 g/mol. The molecule has 0 aliphatic carbocycles. The van der Waals surface area contributed by atoms with Crippen LogP contribution in [0.1, 0.15) is 39.5 Å². The van der Waals surface area contributed by atoms with E-state index < -0.39 is 0 Å². The van der Waals surface area contributed by atoms with Crippen LogP contribution in [-0.2, 0) is 9.47 Å². The number of rotatable bonds is 9. The zero-order chi connectivity index (χ0) is 10.9. The number of nitrogens with two attached hydrogens (primary N) is 1. The summed E-state index contributed by atoms with van der Waals surface area (Å²) in [5.74, 6) is 0. The molecule has 86 valence electrons. The highest BCUT2D eigenvalue weighted by atomic mass is 16.5. The molecule has 0 spiro atoms. The van der Waals surface area contributed by atoms with Crippen LogP contribution in [0.2, 0.25) is 0 Å². The second-order valence-corrected chi connectivity index (χ2v) is 3.78. The van der Waals surface area contributed by atoms with Gasteiger partial charge in [0.15, 0.2) is 0 Å². The summed E-state index contributed by atoms with van der Waals surface area (Å²) in [7, 11) is 1.71. The maximum atomic E-state index is 6.13. The molecule has 0 heterocycles. The van der Waals surface area contributed by atoms with Crippen molar-refractivity contribution < 1.29 is 9.47 Å². The first kappa shape index (κ1) is 13.9. The Bertz CT molecular complexity index is 124. The fraction of sp³-hybridized carbons (Fsp3) is 1.00. The Hall–Kier alpha value is -0.120. The minimum absolute atomic E-state index is 0.0265. The zero-order valence-corrected chi connectivity index (χ0v) is 9.84. The molecule has 3 nitrogen and oxygen atoms in total. The average molecular weight is 203 g/mol. The second-order valence-electron chi connectivity index (χ2n) is 3.78. The van der Waals surface area contributed by atoms with Crippen LogP contribution in [-0.4, -0.2) is 32.5 Å². The Morgan fingerprint density at radius 2 is 1.71 bits per heavy atom. The lowest BCUT2D eigenvalue weighted by Crippen LogP contribution is -2.39. The molecule has 0 fully saturated rings. The van der Waals surface area contributed by atoms with E-state index in [9.17, 15) is 0 Å². The van der Waals surface area contributed by atoms with Crippen molar-refractivity contribution in [1.29, 1.82) is 0 Å². The first-order valence-corrected chi connectivity index (χ1v) is 5.54.